The fraction of sp³-hybridized carbons (Fsp3) is 0.250. The summed E-state index contributed by atoms with van der Waals surface area (Å²) >= 11 is 0. The Morgan fingerprint density at radius 2 is 1.85 bits per heavy atom. The first-order chi connectivity index (χ1) is 5.95. The number of benzene rings is 1. The summed E-state index contributed by atoms with van der Waals surface area (Å²) in [6.45, 7) is 0.273. The van der Waals surface area contributed by atoms with Gasteiger partial charge in [-0.1, -0.05) is 6.07 Å². The Morgan fingerprint density at radius 3 is 2.23 bits per heavy atom. The lowest BCUT2D eigenvalue weighted by atomic mass is 10.1. The molecule has 0 atom stereocenters. The van der Waals surface area contributed by atoms with Crippen molar-refractivity contribution in [2.45, 2.75) is 12.7 Å². The van der Waals surface area contributed by atoms with Gasteiger partial charge in [-0.25, -0.2) is 4.39 Å². The van der Waals surface area contributed by atoms with E-state index in [1.54, 1.807) is 0 Å². The van der Waals surface area contributed by atoms with Crippen LogP contribution in [0.25, 0.3) is 0 Å². The highest BCUT2D eigenvalue weighted by Gasteiger charge is 2.33. The zero-order chi connectivity index (χ0) is 10.1. The predicted molar refractivity (Wildman–Crippen MR) is 38.0 cm³/mol. The van der Waals surface area contributed by atoms with Crippen LogP contribution in [0.4, 0.5) is 17.6 Å². The van der Waals surface area contributed by atoms with Crippen molar-refractivity contribution in [1.29, 1.82) is 0 Å². The summed E-state index contributed by atoms with van der Waals surface area (Å²) < 4.78 is 48.9. The third kappa shape index (κ3) is 2.18. The topological polar surface area (TPSA) is 27.6 Å². The molecule has 72 valence electrons. The van der Waals surface area contributed by atoms with Crippen LogP contribution in [0, 0.1) is 5.82 Å². The van der Waals surface area contributed by atoms with E-state index < -0.39 is 17.6 Å². The lowest BCUT2D eigenvalue weighted by molar-refractivity contribution is -0.386. The fourth-order valence-corrected chi connectivity index (χ4v) is 0.944. The molecule has 5 heteroatoms. The Labute approximate surface area is 72.2 Å². The second-order valence-corrected chi connectivity index (χ2v) is 2.56. The van der Waals surface area contributed by atoms with Gasteiger partial charge in [0.25, 0.3) is 0 Å². The van der Waals surface area contributed by atoms with Crippen molar-refractivity contribution in [1.82, 2.24) is 0 Å². The van der Waals surface area contributed by atoms with Gasteiger partial charge < -0.3 is 5.73 Å². The van der Waals surface area contributed by atoms with Gasteiger partial charge in [0.15, 0.2) is 0 Å². The number of hydrogen-bond donors (Lipinski definition) is 1. The molecule has 13 heavy (non-hydrogen) atoms. The Morgan fingerprint density at radius 1 is 1.23 bits per heavy atom. The van der Waals surface area contributed by atoms with Crippen LogP contribution in [0.2, 0.25) is 0 Å². The van der Waals surface area contributed by atoms with Gasteiger partial charge in [0.2, 0.25) is 0 Å². The summed E-state index contributed by atoms with van der Waals surface area (Å²) in [5.74, 6) is -1.24. The number of rotatable bonds is 1. The summed E-state index contributed by atoms with van der Waals surface area (Å²) in [5.41, 5.74) is 2.66. The quantitative estimate of drug-likeness (QED) is 0.657. The van der Waals surface area contributed by atoms with E-state index in [0.29, 0.717) is 5.56 Å². The molecule has 0 bridgehead atoms. The second kappa shape index (κ2) is 3.33. The molecule has 1 aromatic carbocycles. The van der Waals surface area contributed by atoms with Crippen molar-refractivity contribution in [2.24, 2.45) is 0 Å². The van der Waals surface area contributed by atoms with Crippen molar-refractivity contribution < 1.29 is 23.3 Å². The molecule has 0 heterocycles. The SMILES string of the molecule is [NH3+]Cc1ccc(C(F)(F)F)c(F)c1. The first-order valence-corrected chi connectivity index (χ1v) is 3.60. The Bertz CT molecular complexity index is 306. The van der Waals surface area contributed by atoms with Gasteiger partial charge in [-0.2, -0.15) is 13.2 Å². The van der Waals surface area contributed by atoms with Crippen molar-refractivity contribution >= 4 is 0 Å². The van der Waals surface area contributed by atoms with Crippen LogP contribution in [-0.2, 0) is 12.7 Å². The van der Waals surface area contributed by atoms with E-state index in [0.717, 1.165) is 12.1 Å². The van der Waals surface area contributed by atoms with Gasteiger partial charge in [-0.05, 0) is 12.1 Å². The van der Waals surface area contributed by atoms with Gasteiger partial charge in [0.05, 0.1) is 12.1 Å². The van der Waals surface area contributed by atoms with Crippen molar-refractivity contribution in [2.75, 3.05) is 0 Å². The van der Waals surface area contributed by atoms with E-state index >= 15 is 0 Å². The number of alkyl halides is 3. The first kappa shape index (κ1) is 9.98. The molecule has 0 saturated carbocycles. The molecule has 0 spiro atoms. The number of quaternary nitrogens is 1. The molecular formula is C8H8F4N+. The van der Waals surface area contributed by atoms with Crippen LogP contribution < -0.4 is 5.73 Å². The van der Waals surface area contributed by atoms with E-state index in [-0.39, 0.29) is 6.54 Å². The third-order valence-corrected chi connectivity index (χ3v) is 1.63. The smallest absolute Gasteiger partial charge is 0.354 e. The lowest BCUT2D eigenvalue weighted by Crippen LogP contribution is -2.47. The van der Waals surface area contributed by atoms with Gasteiger partial charge in [0.1, 0.15) is 5.82 Å². The molecule has 0 radical (unpaired) electrons. The average Bonchev–Trinajstić information content (AvgIpc) is 2.01. The van der Waals surface area contributed by atoms with E-state index in [1.165, 1.54) is 6.07 Å². The van der Waals surface area contributed by atoms with Crippen LogP contribution in [-0.4, -0.2) is 0 Å². The van der Waals surface area contributed by atoms with Gasteiger partial charge in [-0.3, -0.25) is 0 Å². The number of halogens is 4. The summed E-state index contributed by atoms with van der Waals surface area (Å²) in [7, 11) is 0. The Kier molecular flexibility index (Phi) is 2.56. The maximum absolute atomic E-state index is 12.8. The van der Waals surface area contributed by atoms with Crippen LogP contribution >= 0.6 is 0 Å². The van der Waals surface area contributed by atoms with Gasteiger partial charge in [-0.15, -0.1) is 0 Å². The van der Waals surface area contributed by atoms with Crippen LogP contribution in [0.3, 0.4) is 0 Å². The monoisotopic (exact) mass is 194 g/mol. The maximum atomic E-state index is 12.8. The lowest BCUT2D eigenvalue weighted by Gasteiger charge is -2.07. The zero-order valence-electron chi connectivity index (χ0n) is 6.66. The molecule has 0 aliphatic rings. The molecule has 1 aromatic rings. The van der Waals surface area contributed by atoms with Crippen molar-refractivity contribution in [3.8, 4) is 0 Å². The number of hydrogen-bond acceptors (Lipinski definition) is 0. The Hall–Kier alpha value is -1.10. The average molecular weight is 194 g/mol. The molecule has 0 aromatic heterocycles. The van der Waals surface area contributed by atoms with Crippen LogP contribution in [0.5, 0.6) is 0 Å². The second-order valence-electron chi connectivity index (χ2n) is 2.56. The van der Waals surface area contributed by atoms with Crippen molar-refractivity contribution in [3.63, 3.8) is 0 Å². The highest BCUT2D eigenvalue weighted by molar-refractivity contribution is 5.25. The zero-order valence-corrected chi connectivity index (χ0v) is 6.66. The molecule has 0 amide bonds. The third-order valence-electron chi connectivity index (χ3n) is 1.63. The molecule has 1 nitrogen and oxygen atoms in total. The molecule has 3 N–H and O–H groups in total. The van der Waals surface area contributed by atoms with Gasteiger partial charge in [0, 0.05) is 5.56 Å². The highest BCUT2D eigenvalue weighted by atomic mass is 19.4. The minimum absolute atomic E-state index is 0.273. The maximum Gasteiger partial charge on any atom is 0.419 e. The highest BCUT2D eigenvalue weighted by Crippen LogP contribution is 2.31. The van der Waals surface area contributed by atoms with E-state index in [4.69, 9.17) is 0 Å². The van der Waals surface area contributed by atoms with Gasteiger partial charge >= 0.3 is 6.18 Å². The summed E-state index contributed by atoms with van der Waals surface area (Å²) in [4.78, 5) is 0. The van der Waals surface area contributed by atoms with Crippen LogP contribution in [0.1, 0.15) is 11.1 Å². The summed E-state index contributed by atoms with van der Waals surface area (Å²) in [6.07, 6.45) is -4.62. The van der Waals surface area contributed by atoms with Crippen molar-refractivity contribution in [3.05, 3.63) is 35.1 Å². The molecular weight excluding hydrogens is 186 g/mol. The molecule has 0 aliphatic carbocycles. The standard InChI is InChI=1S/C8H7F4N/c9-7-3-5(4-13)1-2-6(7)8(10,11)12/h1-3H,4,13H2/p+1. The minimum atomic E-state index is -4.62. The fourth-order valence-electron chi connectivity index (χ4n) is 0.944. The summed E-state index contributed by atoms with van der Waals surface area (Å²) in [5, 5.41) is 0. The minimum Gasteiger partial charge on any atom is -0.354 e. The van der Waals surface area contributed by atoms with Crippen LogP contribution in [0.15, 0.2) is 18.2 Å². The van der Waals surface area contributed by atoms with E-state index in [2.05, 4.69) is 5.73 Å². The van der Waals surface area contributed by atoms with E-state index in [9.17, 15) is 17.6 Å². The molecule has 0 fully saturated rings. The Balaban J connectivity index is 3.13. The molecule has 0 aliphatic heterocycles. The summed E-state index contributed by atoms with van der Waals surface area (Å²) in [6, 6.07) is 2.81. The predicted octanol–water partition coefficient (Wildman–Crippen LogP) is 1.59. The first-order valence-electron chi connectivity index (χ1n) is 3.60. The van der Waals surface area contributed by atoms with E-state index in [1.807, 2.05) is 0 Å². The molecule has 0 saturated heterocycles. The molecule has 1 rings (SSSR count). The normalized spacial score (nSPS) is 11.8. The molecule has 0 unspecified atom stereocenters. The largest absolute Gasteiger partial charge is 0.419 e.